The van der Waals surface area contributed by atoms with Gasteiger partial charge in [-0.05, 0) is 37.6 Å². The van der Waals surface area contributed by atoms with Crippen molar-refractivity contribution in [3.63, 3.8) is 0 Å². The molecule has 0 fully saturated rings. The number of nitrogens with one attached hydrogen (secondary N) is 1. The van der Waals surface area contributed by atoms with E-state index >= 15 is 0 Å². The van der Waals surface area contributed by atoms with Crippen molar-refractivity contribution in [2.24, 2.45) is 0 Å². The highest BCUT2D eigenvalue weighted by Gasteiger charge is 2.21. The Morgan fingerprint density at radius 3 is 2.21 bits per heavy atom. The van der Waals surface area contributed by atoms with Gasteiger partial charge in [0.15, 0.2) is 12.4 Å². The number of methoxy groups -OCH3 is 2. The Morgan fingerprint density at radius 2 is 1.53 bits per heavy atom. The number of anilines is 1. The van der Waals surface area contributed by atoms with Gasteiger partial charge in [-0.2, -0.15) is 0 Å². The minimum Gasteiger partial charge on any atom is -0.495 e. The Labute approximate surface area is 202 Å². The lowest BCUT2D eigenvalue weighted by atomic mass is 9.94. The van der Waals surface area contributed by atoms with Gasteiger partial charge in [0.2, 0.25) is 0 Å². The maximum absolute atomic E-state index is 13.2. The standard InChI is InChI=1S/C26H24ClNO6/c1-15-9-10-16(2)19(11-15)25(30)17-7-5-6-8-18(17)26(31)34-14-24(29)28-21-12-20(27)22(32-3)13-23(21)33-4/h5-13H,14H2,1-4H3,(H,28,29). The fourth-order valence-electron chi connectivity index (χ4n) is 3.34. The van der Waals surface area contributed by atoms with Crippen LogP contribution in [0.3, 0.4) is 0 Å². The van der Waals surface area contributed by atoms with Crippen LogP contribution in [0.5, 0.6) is 11.5 Å². The molecule has 0 atom stereocenters. The number of halogens is 1. The van der Waals surface area contributed by atoms with E-state index in [0.29, 0.717) is 22.7 Å². The first kappa shape index (κ1) is 24.8. The number of aryl methyl sites for hydroxylation is 2. The monoisotopic (exact) mass is 481 g/mol. The predicted molar refractivity (Wildman–Crippen MR) is 129 cm³/mol. The largest absolute Gasteiger partial charge is 0.495 e. The van der Waals surface area contributed by atoms with Crippen molar-refractivity contribution in [2.75, 3.05) is 26.1 Å². The summed E-state index contributed by atoms with van der Waals surface area (Å²) in [6.45, 7) is 3.15. The van der Waals surface area contributed by atoms with E-state index in [4.69, 9.17) is 25.8 Å². The highest BCUT2D eigenvalue weighted by Crippen LogP contribution is 2.35. The van der Waals surface area contributed by atoms with Crippen LogP contribution in [-0.2, 0) is 9.53 Å². The number of carbonyl (C=O) groups excluding carboxylic acids is 3. The van der Waals surface area contributed by atoms with Gasteiger partial charge in [0, 0.05) is 17.2 Å². The molecule has 0 aliphatic carbocycles. The molecule has 0 aliphatic rings. The number of ether oxygens (including phenoxy) is 3. The molecule has 0 aliphatic heterocycles. The van der Waals surface area contributed by atoms with Gasteiger partial charge in [-0.3, -0.25) is 9.59 Å². The number of carbonyl (C=O) groups is 3. The molecule has 0 heterocycles. The molecule has 0 bridgehead atoms. The van der Waals surface area contributed by atoms with Crippen molar-refractivity contribution in [3.05, 3.63) is 87.4 Å². The van der Waals surface area contributed by atoms with Crippen LogP contribution in [0.15, 0.2) is 54.6 Å². The number of esters is 1. The summed E-state index contributed by atoms with van der Waals surface area (Å²) in [6, 6.07) is 14.9. The summed E-state index contributed by atoms with van der Waals surface area (Å²) in [5, 5.41) is 2.86. The molecule has 3 aromatic carbocycles. The average Bonchev–Trinajstić information content (AvgIpc) is 2.83. The number of rotatable bonds is 8. The molecule has 34 heavy (non-hydrogen) atoms. The van der Waals surface area contributed by atoms with Crippen LogP contribution in [0.2, 0.25) is 5.02 Å². The van der Waals surface area contributed by atoms with E-state index in [2.05, 4.69) is 5.32 Å². The lowest BCUT2D eigenvalue weighted by Gasteiger charge is -2.14. The fraction of sp³-hybridized carbons (Fsp3) is 0.192. The van der Waals surface area contributed by atoms with Gasteiger partial charge in [0.05, 0.1) is 30.5 Å². The molecule has 0 unspecified atom stereocenters. The first-order valence-corrected chi connectivity index (χ1v) is 10.7. The van der Waals surface area contributed by atoms with Gasteiger partial charge in [-0.1, -0.05) is 47.5 Å². The summed E-state index contributed by atoms with van der Waals surface area (Å²) in [4.78, 5) is 38.3. The number of benzene rings is 3. The molecule has 0 saturated heterocycles. The van der Waals surface area contributed by atoms with Crippen molar-refractivity contribution < 1.29 is 28.6 Å². The molecule has 0 spiro atoms. The molecule has 0 aromatic heterocycles. The Balaban J connectivity index is 1.74. The van der Waals surface area contributed by atoms with Crippen molar-refractivity contribution in [1.29, 1.82) is 0 Å². The molecule has 176 valence electrons. The molecular formula is C26H24ClNO6. The Morgan fingerprint density at radius 1 is 0.853 bits per heavy atom. The highest BCUT2D eigenvalue weighted by molar-refractivity contribution is 6.32. The Bertz CT molecular complexity index is 1250. The van der Waals surface area contributed by atoms with E-state index in [-0.39, 0.29) is 21.9 Å². The number of hydrogen-bond acceptors (Lipinski definition) is 6. The fourth-order valence-corrected chi connectivity index (χ4v) is 3.58. The van der Waals surface area contributed by atoms with Gasteiger partial charge in [0.1, 0.15) is 11.5 Å². The lowest BCUT2D eigenvalue weighted by Crippen LogP contribution is -2.22. The second-order valence-corrected chi connectivity index (χ2v) is 7.91. The van der Waals surface area contributed by atoms with Crippen LogP contribution in [-0.4, -0.2) is 38.5 Å². The predicted octanol–water partition coefficient (Wildman–Crippen LogP) is 5.00. The highest BCUT2D eigenvalue weighted by atomic mass is 35.5. The van der Waals surface area contributed by atoms with Crippen molar-refractivity contribution >= 4 is 34.9 Å². The molecule has 1 N–H and O–H groups in total. The summed E-state index contributed by atoms with van der Waals surface area (Å²) in [6.07, 6.45) is 0. The number of ketones is 1. The summed E-state index contributed by atoms with van der Waals surface area (Å²) < 4.78 is 15.6. The molecule has 1 amide bonds. The van der Waals surface area contributed by atoms with E-state index in [1.54, 1.807) is 24.3 Å². The lowest BCUT2D eigenvalue weighted by molar-refractivity contribution is -0.119. The van der Waals surface area contributed by atoms with E-state index in [0.717, 1.165) is 11.1 Å². The molecule has 7 nitrogen and oxygen atoms in total. The zero-order valence-electron chi connectivity index (χ0n) is 19.2. The minimum absolute atomic E-state index is 0.0753. The quantitative estimate of drug-likeness (QED) is 0.359. The van der Waals surface area contributed by atoms with Crippen molar-refractivity contribution in [2.45, 2.75) is 13.8 Å². The van der Waals surface area contributed by atoms with Crippen LogP contribution in [0.25, 0.3) is 0 Å². The van der Waals surface area contributed by atoms with Crippen LogP contribution in [0.1, 0.15) is 37.4 Å². The van der Waals surface area contributed by atoms with Gasteiger partial charge in [-0.25, -0.2) is 4.79 Å². The Kier molecular flexibility index (Phi) is 7.91. The topological polar surface area (TPSA) is 90.9 Å². The molecule has 8 heteroatoms. The molecular weight excluding hydrogens is 458 g/mol. The molecule has 3 rings (SSSR count). The van der Waals surface area contributed by atoms with Crippen LogP contribution in [0.4, 0.5) is 5.69 Å². The maximum atomic E-state index is 13.2. The van der Waals surface area contributed by atoms with Crippen LogP contribution >= 0.6 is 11.6 Å². The third-order valence-electron chi connectivity index (χ3n) is 5.11. The molecule has 3 aromatic rings. The summed E-state index contributed by atoms with van der Waals surface area (Å²) >= 11 is 6.12. The third-order valence-corrected chi connectivity index (χ3v) is 5.41. The second kappa shape index (κ2) is 10.9. The zero-order chi connectivity index (χ0) is 24.8. The minimum atomic E-state index is -0.788. The summed E-state index contributed by atoms with van der Waals surface area (Å²) in [7, 11) is 2.89. The third kappa shape index (κ3) is 5.55. The SMILES string of the molecule is COc1cc(OC)c(NC(=O)COC(=O)c2ccccc2C(=O)c2cc(C)ccc2C)cc1Cl. The zero-order valence-corrected chi connectivity index (χ0v) is 20.0. The number of amides is 1. The molecule has 0 saturated carbocycles. The van der Waals surface area contributed by atoms with Crippen LogP contribution < -0.4 is 14.8 Å². The van der Waals surface area contributed by atoms with Gasteiger partial charge in [-0.15, -0.1) is 0 Å². The average molecular weight is 482 g/mol. The van der Waals surface area contributed by atoms with Gasteiger partial charge >= 0.3 is 5.97 Å². The normalized spacial score (nSPS) is 10.4. The maximum Gasteiger partial charge on any atom is 0.339 e. The molecule has 0 radical (unpaired) electrons. The van der Waals surface area contributed by atoms with Gasteiger partial charge in [0.25, 0.3) is 5.91 Å². The van der Waals surface area contributed by atoms with Crippen molar-refractivity contribution in [1.82, 2.24) is 0 Å². The summed E-state index contributed by atoms with van der Waals surface area (Å²) in [5.74, 6) is -0.982. The van der Waals surface area contributed by atoms with E-state index in [9.17, 15) is 14.4 Å². The first-order chi connectivity index (χ1) is 16.2. The summed E-state index contributed by atoms with van der Waals surface area (Å²) in [5.41, 5.74) is 2.79. The first-order valence-electron chi connectivity index (χ1n) is 10.3. The van der Waals surface area contributed by atoms with E-state index in [1.807, 2.05) is 26.0 Å². The smallest absolute Gasteiger partial charge is 0.339 e. The Hall–Kier alpha value is -3.84. The number of hydrogen-bond donors (Lipinski definition) is 1. The van der Waals surface area contributed by atoms with Crippen LogP contribution in [0, 0.1) is 13.8 Å². The van der Waals surface area contributed by atoms with E-state index < -0.39 is 18.5 Å². The second-order valence-electron chi connectivity index (χ2n) is 7.50. The van der Waals surface area contributed by atoms with Gasteiger partial charge < -0.3 is 19.5 Å². The van der Waals surface area contributed by atoms with E-state index in [1.165, 1.54) is 32.4 Å². The van der Waals surface area contributed by atoms with Crippen molar-refractivity contribution in [3.8, 4) is 11.5 Å².